The van der Waals surface area contributed by atoms with E-state index in [1.54, 1.807) is 36.4 Å². The number of anilines is 2. The molecule has 0 aliphatic rings. The normalized spacial score (nSPS) is 10.4. The van der Waals surface area contributed by atoms with Crippen molar-refractivity contribution in [3.63, 3.8) is 0 Å². The molecule has 0 fully saturated rings. The Kier molecular flexibility index (Phi) is 5.82. The molecule has 0 bridgehead atoms. The number of nitrogens with one attached hydrogen (secondary N) is 2. The van der Waals surface area contributed by atoms with Gasteiger partial charge in [-0.25, -0.2) is 4.98 Å². The van der Waals surface area contributed by atoms with Gasteiger partial charge >= 0.3 is 0 Å². The molecule has 0 aliphatic heterocycles. The van der Waals surface area contributed by atoms with Crippen molar-refractivity contribution in [2.75, 3.05) is 31.4 Å². The zero-order valence-corrected chi connectivity index (χ0v) is 16.8. The molecule has 3 amide bonds. The van der Waals surface area contributed by atoms with E-state index in [1.807, 2.05) is 31.1 Å². The number of hydrogen-bond acceptors (Lipinski definition) is 5. The molecule has 0 spiro atoms. The molecule has 4 N–H and O–H groups in total. The van der Waals surface area contributed by atoms with Crippen molar-refractivity contribution in [1.29, 1.82) is 0 Å². The maximum Gasteiger partial charge on any atom is 0.272 e. The second-order valence-electron chi connectivity index (χ2n) is 6.67. The van der Waals surface area contributed by atoms with Crippen LogP contribution in [0.5, 0.6) is 0 Å². The SMILES string of the molecule is CNC(=O)c1ncn(-c2ccc(NC(=O)c3ccccc3N(C)C)cc2)c1C(N)=O. The summed E-state index contributed by atoms with van der Waals surface area (Å²) in [6.45, 7) is 0. The van der Waals surface area contributed by atoms with E-state index < -0.39 is 11.8 Å². The fourth-order valence-electron chi connectivity index (χ4n) is 3.02. The summed E-state index contributed by atoms with van der Waals surface area (Å²) in [4.78, 5) is 42.4. The van der Waals surface area contributed by atoms with E-state index in [-0.39, 0.29) is 17.3 Å². The van der Waals surface area contributed by atoms with Gasteiger partial charge in [0, 0.05) is 38.2 Å². The summed E-state index contributed by atoms with van der Waals surface area (Å²) in [6.07, 6.45) is 1.35. The predicted octanol–water partition coefficient (Wildman–Crippen LogP) is 1.65. The zero-order chi connectivity index (χ0) is 21.8. The Morgan fingerprint density at radius 3 is 2.27 bits per heavy atom. The molecule has 0 saturated carbocycles. The van der Waals surface area contributed by atoms with Gasteiger partial charge in [-0.1, -0.05) is 12.1 Å². The van der Waals surface area contributed by atoms with E-state index in [0.717, 1.165) is 5.69 Å². The number of nitrogens with zero attached hydrogens (tertiary/aromatic N) is 3. The van der Waals surface area contributed by atoms with Gasteiger partial charge in [-0.15, -0.1) is 0 Å². The maximum absolute atomic E-state index is 12.7. The molecule has 9 nitrogen and oxygen atoms in total. The molecule has 0 atom stereocenters. The third-order valence-corrected chi connectivity index (χ3v) is 4.48. The number of nitrogens with two attached hydrogens (primary N) is 1. The minimum Gasteiger partial charge on any atom is -0.377 e. The van der Waals surface area contributed by atoms with Crippen LogP contribution in [0.25, 0.3) is 5.69 Å². The number of hydrogen-bond donors (Lipinski definition) is 3. The van der Waals surface area contributed by atoms with Crippen molar-refractivity contribution >= 4 is 29.1 Å². The lowest BCUT2D eigenvalue weighted by Gasteiger charge is -2.17. The molecular formula is C21H22N6O3. The number of primary amides is 1. The van der Waals surface area contributed by atoms with Gasteiger partial charge in [-0.2, -0.15) is 0 Å². The standard InChI is InChI=1S/C21H22N6O3/c1-23-21(30)17-18(19(22)28)27(12-24-17)14-10-8-13(9-11-14)25-20(29)15-6-4-5-7-16(15)26(2)3/h4-12H,1-3H3,(H2,22,28)(H,23,30)(H,25,29). The molecule has 9 heteroatoms. The van der Waals surface area contributed by atoms with Crippen LogP contribution in [-0.4, -0.2) is 48.4 Å². The Morgan fingerprint density at radius 1 is 1.00 bits per heavy atom. The molecule has 1 aromatic heterocycles. The van der Waals surface area contributed by atoms with Crippen molar-refractivity contribution in [2.24, 2.45) is 5.73 Å². The molecule has 3 aromatic rings. The quantitative estimate of drug-likeness (QED) is 0.574. The molecule has 30 heavy (non-hydrogen) atoms. The van der Waals surface area contributed by atoms with Gasteiger partial charge in [0.05, 0.1) is 5.56 Å². The number of benzene rings is 2. The van der Waals surface area contributed by atoms with Crippen molar-refractivity contribution in [2.45, 2.75) is 0 Å². The highest BCUT2D eigenvalue weighted by Crippen LogP contribution is 2.21. The van der Waals surface area contributed by atoms with Crippen molar-refractivity contribution in [3.05, 3.63) is 71.8 Å². The second-order valence-corrected chi connectivity index (χ2v) is 6.67. The van der Waals surface area contributed by atoms with Gasteiger partial charge in [-0.3, -0.25) is 19.0 Å². The monoisotopic (exact) mass is 406 g/mol. The number of amides is 3. The van der Waals surface area contributed by atoms with Crippen LogP contribution in [0.2, 0.25) is 0 Å². The second kappa shape index (κ2) is 8.48. The first-order chi connectivity index (χ1) is 14.3. The Balaban J connectivity index is 1.86. The lowest BCUT2D eigenvalue weighted by Crippen LogP contribution is -2.25. The molecule has 0 aliphatic carbocycles. The van der Waals surface area contributed by atoms with E-state index in [1.165, 1.54) is 17.9 Å². The van der Waals surface area contributed by atoms with Crippen LogP contribution in [0.3, 0.4) is 0 Å². The third-order valence-electron chi connectivity index (χ3n) is 4.48. The lowest BCUT2D eigenvalue weighted by atomic mass is 10.1. The van der Waals surface area contributed by atoms with Crippen LogP contribution in [0.1, 0.15) is 31.3 Å². The highest BCUT2D eigenvalue weighted by atomic mass is 16.2. The summed E-state index contributed by atoms with van der Waals surface area (Å²) in [7, 11) is 5.18. The first kappa shape index (κ1) is 20.6. The summed E-state index contributed by atoms with van der Waals surface area (Å²) in [5, 5.41) is 5.28. The predicted molar refractivity (Wildman–Crippen MR) is 114 cm³/mol. The number of imidazole rings is 1. The molecule has 2 aromatic carbocycles. The molecule has 1 heterocycles. The third kappa shape index (κ3) is 4.00. The van der Waals surface area contributed by atoms with Gasteiger partial charge in [0.15, 0.2) is 5.69 Å². The topological polar surface area (TPSA) is 122 Å². The van der Waals surface area contributed by atoms with Crippen molar-refractivity contribution in [1.82, 2.24) is 14.9 Å². The van der Waals surface area contributed by atoms with E-state index in [2.05, 4.69) is 15.6 Å². The fourth-order valence-corrected chi connectivity index (χ4v) is 3.02. The first-order valence-electron chi connectivity index (χ1n) is 9.11. The Hall–Kier alpha value is -4.14. The molecule has 154 valence electrons. The smallest absolute Gasteiger partial charge is 0.272 e. The van der Waals surface area contributed by atoms with Crippen LogP contribution in [0.15, 0.2) is 54.9 Å². The van der Waals surface area contributed by atoms with Crippen LogP contribution < -0.4 is 21.3 Å². The van der Waals surface area contributed by atoms with Crippen LogP contribution in [-0.2, 0) is 0 Å². The minimum absolute atomic E-state index is 0.0222. The van der Waals surface area contributed by atoms with Gasteiger partial charge in [0.2, 0.25) is 0 Å². The number of aromatic nitrogens is 2. The first-order valence-corrected chi connectivity index (χ1v) is 9.11. The van der Waals surface area contributed by atoms with Crippen LogP contribution >= 0.6 is 0 Å². The number of carbonyl (C=O) groups excluding carboxylic acids is 3. The van der Waals surface area contributed by atoms with E-state index >= 15 is 0 Å². The molecule has 3 rings (SSSR count). The number of carbonyl (C=O) groups is 3. The van der Waals surface area contributed by atoms with Crippen LogP contribution in [0.4, 0.5) is 11.4 Å². The molecule has 0 radical (unpaired) electrons. The fraction of sp³-hybridized carbons (Fsp3) is 0.143. The van der Waals surface area contributed by atoms with Gasteiger partial charge in [0.25, 0.3) is 17.7 Å². The van der Waals surface area contributed by atoms with Crippen molar-refractivity contribution in [3.8, 4) is 5.69 Å². The van der Waals surface area contributed by atoms with Gasteiger partial charge in [0.1, 0.15) is 12.0 Å². The lowest BCUT2D eigenvalue weighted by molar-refractivity contribution is 0.0937. The van der Waals surface area contributed by atoms with E-state index in [0.29, 0.717) is 16.9 Å². The number of rotatable bonds is 6. The van der Waals surface area contributed by atoms with Gasteiger partial charge in [-0.05, 0) is 36.4 Å². The average molecular weight is 406 g/mol. The summed E-state index contributed by atoms with van der Waals surface area (Å²) < 4.78 is 1.43. The maximum atomic E-state index is 12.7. The summed E-state index contributed by atoms with van der Waals surface area (Å²) in [6, 6.07) is 14.1. The molecule has 0 saturated heterocycles. The van der Waals surface area contributed by atoms with Crippen LogP contribution in [0, 0.1) is 0 Å². The Morgan fingerprint density at radius 2 is 1.67 bits per heavy atom. The summed E-state index contributed by atoms with van der Waals surface area (Å²) >= 11 is 0. The largest absolute Gasteiger partial charge is 0.377 e. The van der Waals surface area contributed by atoms with E-state index in [9.17, 15) is 14.4 Å². The zero-order valence-electron chi connectivity index (χ0n) is 16.8. The van der Waals surface area contributed by atoms with E-state index in [4.69, 9.17) is 5.73 Å². The molecule has 0 unspecified atom stereocenters. The Bertz CT molecular complexity index is 1100. The highest BCUT2D eigenvalue weighted by Gasteiger charge is 2.22. The summed E-state index contributed by atoms with van der Waals surface area (Å²) in [5.74, 6) is -1.52. The highest BCUT2D eigenvalue weighted by molar-refractivity contribution is 6.08. The van der Waals surface area contributed by atoms with Crippen molar-refractivity contribution < 1.29 is 14.4 Å². The Labute approximate surface area is 173 Å². The van der Waals surface area contributed by atoms with Gasteiger partial charge < -0.3 is 21.3 Å². The number of para-hydroxylation sites is 1. The minimum atomic E-state index is -0.774. The molecular weight excluding hydrogens is 384 g/mol. The average Bonchev–Trinajstić information content (AvgIpc) is 3.19. The summed E-state index contributed by atoms with van der Waals surface area (Å²) in [5.41, 5.74) is 7.87.